The van der Waals surface area contributed by atoms with Crippen LogP contribution in [0.5, 0.6) is 0 Å². The summed E-state index contributed by atoms with van der Waals surface area (Å²) in [5.74, 6) is -0.217. The molecule has 0 aromatic heterocycles. The van der Waals surface area contributed by atoms with E-state index in [1.165, 1.54) is 12.8 Å². The van der Waals surface area contributed by atoms with Crippen LogP contribution in [0.3, 0.4) is 0 Å². The molecule has 3 N–H and O–H groups in total. The van der Waals surface area contributed by atoms with Crippen molar-refractivity contribution in [2.24, 2.45) is 0 Å². The fraction of sp³-hybridized carbons (Fsp3) is 0.283. The van der Waals surface area contributed by atoms with Crippen LogP contribution in [-0.4, -0.2) is 79.6 Å². The van der Waals surface area contributed by atoms with Crippen molar-refractivity contribution in [3.63, 3.8) is 0 Å². The molecular formula is C46H49N5O4. The lowest BCUT2D eigenvalue weighted by molar-refractivity contribution is -0.116. The third-order valence-electron chi connectivity index (χ3n) is 10.5. The maximum Gasteiger partial charge on any atom is 0.411 e. The molecule has 0 bridgehead atoms. The molecule has 9 heteroatoms. The van der Waals surface area contributed by atoms with E-state index in [9.17, 15) is 14.4 Å². The number of benzene rings is 5. The first kappa shape index (κ1) is 37.5. The van der Waals surface area contributed by atoms with Crippen molar-refractivity contribution in [2.75, 3.05) is 56.4 Å². The molecule has 2 aliphatic heterocycles. The van der Waals surface area contributed by atoms with Crippen molar-refractivity contribution in [1.82, 2.24) is 15.1 Å². The predicted molar refractivity (Wildman–Crippen MR) is 220 cm³/mol. The first-order valence-corrected chi connectivity index (χ1v) is 19.4. The molecule has 0 spiro atoms. The Bertz CT molecular complexity index is 2060. The molecule has 3 amide bonds. The standard InChI is InChI=1S/C46H49N5O4/c52-43(25-31-50-27-9-10-28-50)48-37-18-11-17-36(33-37)45(53)47-26-32-51-29-23-38(24-30-51)55-46(54)49-42-22-12-21-40(35-15-5-2-6-16-35)44(42)41-20-8-7-19-39(41)34-13-3-1-4-14-34/h1-8,11-22,33,38H,9-10,23-32H2,(H,47,53)(H,48,52)(H,49,54). The molecule has 0 radical (unpaired) electrons. The van der Waals surface area contributed by atoms with Crippen molar-refractivity contribution in [3.8, 4) is 33.4 Å². The van der Waals surface area contributed by atoms with Gasteiger partial charge in [0.25, 0.3) is 5.91 Å². The van der Waals surface area contributed by atoms with Gasteiger partial charge in [-0.3, -0.25) is 14.9 Å². The lowest BCUT2D eigenvalue weighted by Crippen LogP contribution is -2.42. The smallest absolute Gasteiger partial charge is 0.411 e. The monoisotopic (exact) mass is 735 g/mol. The fourth-order valence-electron chi connectivity index (χ4n) is 7.57. The molecule has 9 nitrogen and oxygen atoms in total. The second-order valence-electron chi connectivity index (χ2n) is 14.3. The number of carbonyl (C=O) groups is 3. The Balaban J connectivity index is 0.915. The number of ether oxygens (including phenoxy) is 1. The summed E-state index contributed by atoms with van der Waals surface area (Å²) in [6, 6.07) is 41.9. The topological polar surface area (TPSA) is 103 Å². The van der Waals surface area contributed by atoms with E-state index < -0.39 is 6.09 Å². The highest BCUT2D eigenvalue weighted by Gasteiger charge is 2.24. The van der Waals surface area contributed by atoms with Gasteiger partial charge in [-0.15, -0.1) is 0 Å². The van der Waals surface area contributed by atoms with E-state index in [-0.39, 0.29) is 17.9 Å². The van der Waals surface area contributed by atoms with Gasteiger partial charge in [-0.05, 0) is 90.9 Å². The van der Waals surface area contributed by atoms with Crippen LogP contribution in [0.25, 0.3) is 33.4 Å². The number of anilines is 2. The Hall–Kier alpha value is -5.77. The summed E-state index contributed by atoms with van der Waals surface area (Å²) in [6.07, 6.45) is 3.56. The molecule has 0 unspecified atom stereocenters. The van der Waals surface area contributed by atoms with E-state index >= 15 is 0 Å². The van der Waals surface area contributed by atoms with Gasteiger partial charge in [0.1, 0.15) is 6.10 Å². The SMILES string of the molecule is O=C(CCN1CCCC1)Nc1cccc(C(=O)NCCN2CCC(OC(=O)Nc3cccc(-c4ccccc4)c3-c3ccccc3-c3ccccc3)CC2)c1. The number of nitrogens with zero attached hydrogens (tertiary/aromatic N) is 2. The summed E-state index contributed by atoms with van der Waals surface area (Å²) < 4.78 is 6.00. The number of hydrogen-bond donors (Lipinski definition) is 3. The number of piperidine rings is 1. The van der Waals surface area contributed by atoms with Crippen LogP contribution in [0.4, 0.5) is 16.2 Å². The maximum absolute atomic E-state index is 13.5. The maximum atomic E-state index is 13.5. The average Bonchev–Trinajstić information content (AvgIpc) is 3.75. The highest BCUT2D eigenvalue weighted by atomic mass is 16.6. The van der Waals surface area contributed by atoms with Crippen LogP contribution >= 0.6 is 0 Å². The van der Waals surface area contributed by atoms with E-state index in [2.05, 4.69) is 68.2 Å². The molecule has 2 aliphatic rings. The van der Waals surface area contributed by atoms with Crippen molar-refractivity contribution in [2.45, 2.75) is 38.2 Å². The van der Waals surface area contributed by atoms with E-state index in [1.54, 1.807) is 18.2 Å². The first-order chi connectivity index (χ1) is 27.0. The summed E-state index contributed by atoms with van der Waals surface area (Å²) >= 11 is 0. The minimum Gasteiger partial charge on any atom is -0.446 e. The van der Waals surface area contributed by atoms with Crippen molar-refractivity contribution < 1.29 is 19.1 Å². The Morgan fingerprint density at radius 2 is 1.24 bits per heavy atom. The van der Waals surface area contributed by atoms with Crippen LogP contribution in [0, 0.1) is 0 Å². The number of amides is 3. The van der Waals surface area contributed by atoms with Crippen molar-refractivity contribution >= 4 is 29.3 Å². The minimum atomic E-state index is -0.473. The zero-order valence-corrected chi connectivity index (χ0v) is 31.2. The lowest BCUT2D eigenvalue weighted by atomic mass is 9.88. The van der Waals surface area contributed by atoms with Gasteiger partial charge in [0.05, 0.1) is 5.69 Å². The number of likely N-dealkylation sites (tertiary alicyclic amines) is 2. The van der Waals surface area contributed by atoms with Gasteiger partial charge in [0.15, 0.2) is 0 Å². The number of rotatable bonds is 13. The van der Waals surface area contributed by atoms with Gasteiger partial charge in [-0.25, -0.2) is 4.79 Å². The molecule has 5 aromatic carbocycles. The van der Waals surface area contributed by atoms with E-state index in [0.717, 1.165) is 66.1 Å². The zero-order chi connectivity index (χ0) is 37.8. The van der Waals surface area contributed by atoms with E-state index in [4.69, 9.17) is 4.74 Å². The van der Waals surface area contributed by atoms with Crippen LogP contribution in [0.2, 0.25) is 0 Å². The molecule has 2 heterocycles. The van der Waals surface area contributed by atoms with Gasteiger partial charge in [0.2, 0.25) is 5.91 Å². The lowest BCUT2D eigenvalue weighted by Gasteiger charge is -2.31. The quantitative estimate of drug-likeness (QED) is 0.112. The van der Waals surface area contributed by atoms with Crippen LogP contribution < -0.4 is 16.0 Å². The van der Waals surface area contributed by atoms with Crippen LogP contribution in [0.1, 0.15) is 42.5 Å². The van der Waals surface area contributed by atoms with Gasteiger partial charge < -0.3 is 25.2 Å². The van der Waals surface area contributed by atoms with Crippen molar-refractivity contribution in [1.29, 1.82) is 0 Å². The zero-order valence-electron chi connectivity index (χ0n) is 31.2. The van der Waals surface area contributed by atoms with Gasteiger partial charge in [-0.2, -0.15) is 0 Å². The van der Waals surface area contributed by atoms with E-state index in [1.807, 2.05) is 66.7 Å². The Morgan fingerprint density at radius 1 is 0.618 bits per heavy atom. The highest BCUT2D eigenvalue weighted by Crippen LogP contribution is 2.42. The van der Waals surface area contributed by atoms with Crippen molar-refractivity contribution in [3.05, 3.63) is 133 Å². The molecule has 0 atom stereocenters. The van der Waals surface area contributed by atoms with Gasteiger partial charge in [-0.1, -0.05) is 103 Å². The predicted octanol–water partition coefficient (Wildman–Crippen LogP) is 8.55. The third-order valence-corrected chi connectivity index (χ3v) is 10.5. The number of hydrogen-bond acceptors (Lipinski definition) is 6. The molecule has 5 aromatic rings. The number of nitrogens with one attached hydrogen (secondary N) is 3. The Kier molecular flexibility index (Phi) is 12.6. The van der Waals surface area contributed by atoms with Gasteiger partial charge in [0, 0.05) is 56.0 Å². The van der Waals surface area contributed by atoms with Crippen LogP contribution in [-0.2, 0) is 9.53 Å². The molecule has 0 saturated carbocycles. The minimum absolute atomic E-state index is 0.0408. The largest absolute Gasteiger partial charge is 0.446 e. The normalized spacial score (nSPS) is 15.0. The molecule has 282 valence electrons. The summed E-state index contributed by atoms with van der Waals surface area (Å²) in [7, 11) is 0. The number of carbonyl (C=O) groups excluding carboxylic acids is 3. The third kappa shape index (κ3) is 10.1. The highest BCUT2D eigenvalue weighted by molar-refractivity contribution is 6.02. The van der Waals surface area contributed by atoms with Gasteiger partial charge >= 0.3 is 6.09 Å². The molecule has 2 fully saturated rings. The molecule has 7 rings (SSSR count). The molecule has 55 heavy (non-hydrogen) atoms. The fourth-order valence-corrected chi connectivity index (χ4v) is 7.57. The van der Waals surface area contributed by atoms with E-state index in [0.29, 0.717) is 49.3 Å². The summed E-state index contributed by atoms with van der Waals surface area (Å²) in [4.78, 5) is 43.5. The Labute approximate surface area is 323 Å². The molecule has 2 saturated heterocycles. The second-order valence-corrected chi connectivity index (χ2v) is 14.3. The summed E-state index contributed by atoms with van der Waals surface area (Å²) in [5.41, 5.74) is 8.03. The Morgan fingerprint density at radius 3 is 1.96 bits per heavy atom. The summed E-state index contributed by atoms with van der Waals surface area (Å²) in [5, 5.41) is 9.05. The average molecular weight is 736 g/mol. The first-order valence-electron chi connectivity index (χ1n) is 19.4. The molecule has 0 aliphatic carbocycles. The second kappa shape index (κ2) is 18.5. The van der Waals surface area contributed by atoms with Crippen LogP contribution in [0.15, 0.2) is 127 Å². The molecular weight excluding hydrogens is 687 g/mol. The summed E-state index contributed by atoms with van der Waals surface area (Å²) in [6.45, 7) is 5.57.